The summed E-state index contributed by atoms with van der Waals surface area (Å²) in [6.45, 7) is 3.93. The Bertz CT molecular complexity index is 55.7. The summed E-state index contributed by atoms with van der Waals surface area (Å²) in [6, 6.07) is 0.353. The van der Waals surface area contributed by atoms with E-state index in [1.807, 2.05) is 13.8 Å². The maximum atomic E-state index is 9.48. The van der Waals surface area contributed by atoms with Crippen LogP contribution in [0.4, 0.5) is 0 Å². The maximum absolute atomic E-state index is 9.48. The summed E-state index contributed by atoms with van der Waals surface area (Å²) in [5.41, 5.74) is 1.65. The average Bonchev–Trinajstić information content (AvgIpc) is 1.61. The molecule has 0 unspecified atom stereocenters. The van der Waals surface area contributed by atoms with E-state index in [4.69, 9.17) is 0 Å². The first-order chi connectivity index (χ1) is 3.27. The monoisotopic (exact) mass is 118 g/mol. The van der Waals surface area contributed by atoms with Crippen LogP contribution in [-0.2, 0) is 4.79 Å². The summed E-state index contributed by atoms with van der Waals surface area (Å²) in [4.78, 5) is 9.48. The minimum absolute atomic E-state index is 0.353. The van der Waals surface area contributed by atoms with Gasteiger partial charge in [0.2, 0.25) is 0 Å². The van der Waals surface area contributed by atoms with Crippen LogP contribution in [-0.4, -0.2) is 11.7 Å². The van der Waals surface area contributed by atoms with Crippen molar-refractivity contribution in [1.29, 1.82) is 0 Å². The van der Waals surface area contributed by atoms with Gasteiger partial charge in [-0.1, -0.05) is 0 Å². The number of rotatable bonds is 3. The molecular weight excluding hydrogens is 110 g/mol. The van der Waals surface area contributed by atoms with E-state index in [1.165, 1.54) is 0 Å². The minimum atomic E-state index is 0.353. The lowest BCUT2D eigenvalue weighted by molar-refractivity contribution is 0.569. The smallest absolute Gasteiger partial charge is 0.276 e. The van der Waals surface area contributed by atoms with Crippen LogP contribution in [0.15, 0.2) is 0 Å². The van der Waals surface area contributed by atoms with Crippen LogP contribution in [0.3, 0.4) is 0 Å². The Morgan fingerprint density at radius 2 is 2.29 bits per heavy atom. The molecular formula is C4H8NOS. The van der Waals surface area contributed by atoms with E-state index in [9.17, 15) is 4.79 Å². The fourth-order valence-electron chi connectivity index (χ4n) is 0.142. The Hall–Kier alpha value is -0.0200. The zero-order valence-electron chi connectivity index (χ0n) is 4.39. The van der Waals surface area contributed by atoms with Gasteiger partial charge < -0.3 is 0 Å². The van der Waals surface area contributed by atoms with E-state index in [2.05, 4.69) is 4.72 Å². The zero-order valence-corrected chi connectivity index (χ0v) is 5.21. The Labute approximate surface area is 47.8 Å². The highest BCUT2D eigenvalue weighted by Crippen LogP contribution is 1.86. The lowest BCUT2D eigenvalue weighted by Crippen LogP contribution is -2.13. The van der Waals surface area contributed by atoms with Gasteiger partial charge in [0.15, 0.2) is 0 Å². The third-order valence-corrected chi connectivity index (χ3v) is 1.01. The van der Waals surface area contributed by atoms with Crippen molar-refractivity contribution in [3.05, 3.63) is 0 Å². The molecule has 1 radical (unpaired) electrons. The first-order valence-corrected chi connectivity index (χ1v) is 2.87. The van der Waals surface area contributed by atoms with Crippen LogP contribution in [0.2, 0.25) is 0 Å². The molecule has 0 rings (SSSR count). The zero-order chi connectivity index (χ0) is 5.70. The van der Waals surface area contributed by atoms with E-state index >= 15 is 0 Å². The molecule has 0 atom stereocenters. The van der Waals surface area contributed by atoms with Crippen LogP contribution >= 0.6 is 11.9 Å². The molecule has 0 saturated heterocycles. The van der Waals surface area contributed by atoms with Crippen molar-refractivity contribution in [2.24, 2.45) is 0 Å². The SMILES string of the molecule is CC(C)NS[C]=O. The van der Waals surface area contributed by atoms with Crippen molar-refractivity contribution >= 4 is 17.6 Å². The summed E-state index contributed by atoms with van der Waals surface area (Å²) < 4.78 is 2.79. The maximum Gasteiger partial charge on any atom is 0.282 e. The van der Waals surface area contributed by atoms with Crippen LogP contribution in [0.1, 0.15) is 13.8 Å². The van der Waals surface area contributed by atoms with Crippen LogP contribution in [0, 0.1) is 0 Å². The molecule has 0 aromatic heterocycles. The lowest BCUT2D eigenvalue weighted by Gasteiger charge is -1.98. The largest absolute Gasteiger partial charge is 0.282 e. The molecule has 0 aromatic carbocycles. The Balaban J connectivity index is 2.81. The molecule has 0 aliphatic heterocycles. The van der Waals surface area contributed by atoms with Crippen molar-refractivity contribution in [1.82, 2.24) is 4.72 Å². The molecule has 2 nitrogen and oxygen atoms in total. The molecule has 0 aromatic rings. The summed E-state index contributed by atoms with van der Waals surface area (Å²) in [6.07, 6.45) is 0. The molecule has 0 spiro atoms. The van der Waals surface area contributed by atoms with Gasteiger partial charge in [0.05, 0.1) is 0 Å². The molecule has 3 heteroatoms. The minimum Gasteiger partial charge on any atom is -0.276 e. The number of hydrogen-bond donors (Lipinski definition) is 1. The van der Waals surface area contributed by atoms with Crippen LogP contribution < -0.4 is 4.72 Å². The first kappa shape index (κ1) is 6.98. The fraction of sp³-hybridized carbons (Fsp3) is 0.750. The fourth-order valence-corrected chi connectivity index (χ4v) is 0.426. The number of carbonyl (C=O) groups excluding carboxylic acids is 1. The number of hydrogen-bond acceptors (Lipinski definition) is 3. The van der Waals surface area contributed by atoms with Gasteiger partial charge in [0.1, 0.15) is 0 Å². The quantitative estimate of drug-likeness (QED) is 0.553. The molecule has 0 aliphatic carbocycles. The first-order valence-electron chi connectivity index (χ1n) is 2.06. The number of nitrogens with one attached hydrogen (secondary N) is 1. The highest BCUT2D eigenvalue weighted by molar-refractivity contribution is 8.10. The Kier molecular flexibility index (Phi) is 4.14. The van der Waals surface area contributed by atoms with Crippen LogP contribution in [0.25, 0.3) is 0 Å². The molecule has 7 heavy (non-hydrogen) atoms. The average molecular weight is 118 g/mol. The Morgan fingerprint density at radius 1 is 1.71 bits per heavy atom. The second-order valence-electron chi connectivity index (χ2n) is 1.46. The highest BCUT2D eigenvalue weighted by atomic mass is 32.2. The van der Waals surface area contributed by atoms with Gasteiger partial charge >= 0.3 is 0 Å². The van der Waals surface area contributed by atoms with Crippen molar-refractivity contribution in [3.63, 3.8) is 0 Å². The van der Waals surface area contributed by atoms with E-state index < -0.39 is 0 Å². The van der Waals surface area contributed by atoms with Crippen molar-refractivity contribution in [2.45, 2.75) is 19.9 Å². The van der Waals surface area contributed by atoms with Crippen LogP contribution in [0.5, 0.6) is 0 Å². The van der Waals surface area contributed by atoms with Gasteiger partial charge in [0.25, 0.3) is 5.62 Å². The van der Waals surface area contributed by atoms with Gasteiger partial charge in [-0.15, -0.1) is 0 Å². The summed E-state index contributed by atoms with van der Waals surface area (Å²) >= 11 is 0.961. The molecule has 0 bridgehead atoms. The highest BCUT2D eigenvalue weighted by Gasteiger charge is 1.87. The summed E-state index contributed by atoms with van der Waals surface area (Å²) in [5, 5.41) is 0. The molecule has 41 valence electrons. The summed E-state index contributed by atoms with van der Waals surface area (Å²) in [5.74, 6) is 0. The normalized spacial score (nSPS) is 9.57. The van der Waals surface area contributed by atoms with Gasteiger partial charge in [-0.2, -0.15) is 0 Å². The van der Waals surface area contributed by atoms with Gasteiger partial charge in [-0.3, -0.25) is 9.52 Å². The molecule has 0 fully saturated rings. The van der Waals surface area contributed by atoms with E-state index in [-0.39, 0.29) is 0 Å². The molecule has 0 aliphatic rings. The van der Waals surface area contributed by atoms with Crippen molar-refractivity contribution in [3.8, 4) is 0 Å². The van der Waals surface area contributed by atoms with Gasteiger partial charge in [-0.05, 0) is 13.8 Å². The molecule has 0 saturated carbocycles. The van der Waals surface area contributed by atoms with Gasteiger partial charge in [-0.25, -0.2) is 0 Å². The second kappa shape index (κ2) is 4.15. The van der Waals surface area contributed by atoms with Gasteiger partial charge in [0, 0.05) is 18.0 Å². The van der Waals surface area contributed by atoms with E-state index in [0.717, 1.165) is 11.9 Å². The lowest BCUT2D eigenvalue weighted by atomic mass is 10.4. The van der Waals surface area contributed by atoms with Crippen molar-refractivity contribution < 1.29 is 4.79 Å². The predicted octanol–water partition coefficient (Wildman–Crippen LogP) is 0.700. The van der Waals surface area contributed by atoms with Crippen molar-refractivity contribution in [2.75, 3.05) is 0 Å². The molecule has 0 amide bonds. The van der Waals surface area contributed by atoms with E-state index in [0.29, 0.717) is 6.04 Å². The van der Waals surface area contributed by atoms with E-state index in [1.54, 1.807) is 5.62 Å². The summed E-state index contributed by atoms with van der Waals surface area (Å²) in [7, 11) is 0. The second-order valence-corrected chi connectivity index (χ2v) is 2.06. The standard InChI is InChI=1S/C4H8NOS/c1-4(2)5-7-3-6/h4-5H,1-2H3. The predicted molar refractivity (Wildman–Crippen MR) is 31.6 cm³/mol. The molecule has 0 heterocycles. The Morgan fingerprint density at radius 3 is 2.43 bits per heavy atom. The third kappa shape index (κ3) is 5.98. The topological polar surface area (TPSA) is 29.1 Å². The third-order valence-electron chi connectivity index (χ3n) is 0.336. The molecule has 1 N–H and O–H groups in total.